The molecule has 2 fully saturated rings. The molecule has 0 aliphatic carbocycles. The van der Waals surface area contributed by atoms with Gasteiger partial charge in [-0.1, -0.05) is 0 Å². The second kappa shape index (κ2) is 10.2. The van der Waals surface area contributed by atoms with Crippen LogP contribution in [-0.4, -0.2) is 87.8 Å². The number of hydrogen-bond donors (Lipinski definition) is 1. The van der Waals surface area contributed by atoms with Crippen LogP contribution in [0.3, 0.4) is 0 Å². The van der Waals surface area contributed by atoms with Gasteiger partial charge in [0.15, 0.2) is 5.65 Å². The van der Waals surface area contributed by atoms with Crippen molar-refractivity contribution in [2.24, 2.45) is 0 Å². The second-order valence-electron chi connectivity index (χ2n) is 8.75. The predicted octanol–water partition coefficient (Wildman–Crippen LogP) is 2.56. The summed E-state index contributed by atoms with van der Waals surface area (Å²) in [4.78, 5) is 37.5. The first-order valence-electron chi connectivity index (χ1n) is 11.9. The van der Waals surface area contributed by atoms with Crippen molar-refractivity contribution in [1.82, 2.24) is 24.2 Å². The summed E-state index contributed by atoms with van der Waals surface area (Å²) in [5.41, 5.74) is 1.49. The van der Waals surface area contributed by atoms with Crippen LogP contribution < -0.4 is 10.1 Å². The van der Waals surface area contributed by atoms with E-state index in [-0.39, 0.29) is 30.2 Å². The van der Waals surface area contributed by atoms with Gasteiger partial charge in [-0.3, -0.25) is 19.0 Å². The van der Waals surface area contributed by atoms with E-state index in [1.165, 1.54) is 24.3 Å². The van der Waals surface area contributed by atoms with Crippen LogP contribution in [-0.2, 0) is 14.3 Å². The third-order valence-corrected chi connectivity index (χ3v) is 6.35. The fourth-order valence-corrected chi connectivity index (χ4v) is 4.51. The molecule has 2 saturated heterocycles. The molecule has 3 aromatic rings. The molecule has 0 radical (unpaired) electrons. The fourth-order valence-electron chi connectivity index (χ4n) is 4.51. The minimum Gasteiger partial charge on any atom is -0.406 e. The van der Waals surface area contributed by atoms with E-state index >= 15 is 0 Å². The molecule has 0 bridgehead atoms. The zero-order valence-corrected chi connectivity index (χ0v) is 19.8. The summed E-state index contributed by atoms with van der Waals surface area (Å²) in [5, 5.41) is 3.13. The van der Waals surface area contributed by atoms with Crippen molar-refractivity contribution in [1.29, 1.82) is 0 Å². The maximum absolute atomic E-state index is 13.0. The van der Waals surface area contributed by atoms with Crippen LogP contribution in [0.2, 0.25) is 0 Å². The van der Waals surface area contributed by atoms with Crippen molar-refractivity contribution in [2.75, 3.05) is 44.6 Å². The Labute approximate surface area is 210 Å². The number of aromatic nitrogens is 3. The molecule has 1 N–H and O–H groups in total. The van der Waals surface area contributed by atoms with Gasteiger partial charge in [0, 0.05) is 50.7 Å². The molecule has 2 aliphatic heterocycles. The van der Waals surface area contributed by atoms with E-state index in [4.69, 9.17) is 4.74 Å². The quantitative estimate of drug-likeness (QED) is 0.535. The van der Waals surface area contributed by atoms with Crippen molar-refractivity contribution < 1.29 is 32.2 Å². The molecule has 1 atom stereocenters. The van der Waals surface area contributed by atoms with Crippen molar-refractivity contribution in [2.45, 2.75) is 25.3 Å². The van der Waals surface area contributed by atoms with Crippen LogP contribution in [0.1, 0.15) is 12.8 Å². The molecule has 37 heavy (non-hydrogen) atoms. The van der Waals surface area contributed by atoms with Gasteiger partial charge in [-0.05, 0) is 37.1 Å². The molecule has 196 valence electrons. The molecule has 1 unspecified atom stereocenters. The van der Waals surface area contributed by atoms with E-state index in [1.54, 1.807) is 32.8 Å². The maximum atomic E-state index is 13.0. The van der Waals surface area contributed by atoms with Gasteiger partial charge in [0.1, 0.15) is 23.4 Å². The molecular formula is C24H25F3N6O4. The van der Waals surface area contributed by atoms with E-state index in [1.807, 2.05) is 0 Å². The summed E-state index contributed by atoms with van der Waals surface area (Å²) in [7, 11) is 0. The average molecular weight is 518 g/mol. The van der Waals surface area contributed by atoms with Crippen molar-refractivity contribution >= 4 is 23.3 Å². The number of anilines is 1. The molecule has 1 aromatic carbocycles. The molecule has 13 heteroatoms. The van der Waals surface area contributed by atoms with Crippen molar-refractivity contribution in [3.8, 4) is 17.0 Å². The topological polar surface area (TPSA) is 101 Å². The van der Waals surface area contributed by atoms with Crippen molar-refractivity contribution in [3.63, 3.8) is 0 Å². The number of amides is 2. The highest BCUT2D eigenvalue weighted by Gasteiger charge is 2.32. The van der Waals surface area contributed by atoms with Crippen LogP contribution in [0.15, 0.2) is 42.9 Å². The van der Waals surface area contributed by atoms with Crippen LogP contribution in [0.4, 0.5) is 19.0 Å². The summed E-state index contributed by atoms with van der Waals surface area (Å²) in [6.45, 7) is 2.31. The Balaban J connectivity index is 1.26. The second-order valence-corrected chi connectivity index (χ2v) is 8.75. The van der Waals surface area contributed by atoms with Crippen LogP contribution in [0.25, 0.3) is 16.9 Å². The zero-order chi connectivity index (χ0) is 26.0. The lowest BCUT2D eigenvalue weighted by molar-refractivity contribution is -0.274. The van der Waals surface area contributed by atoms with Gasteiger partial charge in [0.25, 0.3) is 5.91 Å². The monoisotopic (exact) mass is 518 g/mol. The van der Waals surface area contributed by atoms with Gasteiger partial charge in [0.05, 0.1) is 12.7 Å². The first-order chi connectivity index (χ1) is 17.8. The largest absolute Gasteiger partial charge is 0.573 e. The number of nitrogens with one attached hydrogen (secondary N) is 1. The highest BCUT2D eigenvalue weighted by Crippen LogP contribution is 2.31. The smallest absolute Gasteiger partial charge is 0.406 e. The minimum atomic E-state index is -4.79. The maximum Gasteiger partial charge on any atom is 0.573 e. The van der Waals surface area contributed by atoms with Gasteiger partial charge in [-0.25, -0.2) is 4.98 Å². The first-order valence-corrected chi connectivity index (χ1v) is 11.9. The first kappa shape index (κ1) is 24.8. The molecule has 0 saturated carbocycles. The number of piperazine rings is 1. The third kappa shape index (κ3) is 5.61. The molecule has 0 spiro atoms. The summed E-state index contributed by atoms with van der Waals surface area (Å²) in [6, 6.07) is 5.34. The Morgan fingerprint density at radius 3 is 2.51 bits per heavy atom. The van der Waals surface area contributed by atoms with E-state index in [0.29, 0.717) is 55.5 Å². The average Bonchev–Trinajstić information content (AvgIpc) is 3.55. The Bertz CT molecular complexity index is 1270. The Hall–Kier alpha value is -3.87. The summed E-state index contributed by atoms with van der Waals surface area (Å²) in [6.07, 6.45) is 1.24. The van der Waals surface area contributed by atoms with Crippen molar-refractivity contribution in [3.05, 3.63) is 42.9 Å². The van der Waals surface area contributed by atoms with Gasteiger partial charge >= 0.3 is 6.36 Å². The number of fused-ring (bicyclic) bond motifs is 1. The van der Waals surface area contributed by atoms with E-state index in [0.717, 1.165) is 12.8 Å². The van der Waals surface area contributed by atoms with Crippen LogP contribution >= 0.6 is 0 Å². The van der Waals surface area contributed by atoms with Crippen LogP contribution in [0.5, 0.6) is 5.75 Å². The predicted molar refractivity (Wildman–Crippen MR) is 126 cm³/mol. The van der Waals surface area contributed by atoms with Gasteiger partial charge < -0.3 is 24.6 Å². The summed E-state index contributed by atoms with van der Waals surface area (Å²) < 4.78 is 48.7. The Morgan fingerprint density at radius 2 is 1.84 bits per heavy atom. The Morgan fingerprint density at radius 1 is 1.11 bits per heavy atom. The minimum absolute atomic E-state index is 0.0154. The summed E-state index contributed by atoms with van der Waals surface area (Å²) >= 11 is 0. The molecule has 4 heterocycles. The van der Waals surface area contributed by atoms with E-state index in [9.17, 15) is 22.8 Å². The standard InChI is InChI=1S/C24H25F3N6O4/c25-24(26,27)37-17-5-3-16(4-6-17)21-22(33-8-7-28-14-19(33)30-21)29-15-20(34)31-9-11-32(12-10-31)23(35)18-2-1-13-36-18/h3-8,14,18,29H,1-2,9-13,15H2. The van der Waals surface area contributed by atoms with Gasteiger partial charge in [-0.15, -0.1) is 13.2 Å². The molecule has 10 nitrogen and oxygen atoms in total. The van der Waals surface area contributed by atoms with Gasteiger partial charge in [0.2, 0.25) is 5.91 Å². The molecule has 2 amide bonds. The number of imidazole rings is 1. The van der Waals surface area contributed by atoms with E-state index < -0.39 is 6.36 Å². The molecule has 2 aromatic heterocycles. The third-order valence-electron chi connectivity index (χ3n) is 6.35. The number of ether oxygens (including phenoxy) is 2. The highest BCUT2D eigenvalue weighted by atomic mass is 19.4. The number of carbonyl (C=O) groups is 2. The highest BCUT2D eigenvalue weighted by molar-refractivity contribution is 5.85. The number of alkyl halides is 3. The molecule has 5 rings (SSSR count). The number of carbonyl (C=O) groups excluding carboxylic acids is 2. The number of rotatable bonds is 6. The van der Waals surface area contributed by atoms with Gasteiger partial charge in [-0.2, -0.15) is 0 Å². The summed E-state index contributed by atoms with van der Waals surface area (Å²) in [5.74, 6) is -0.00243. The normalized spacial score (nSPS) is 18.3. The fraction of sp³-hybridized carbons (Fsp3) is 0.417. The van der Waals surface area contributed by atoms with Crippen LogP contribution in [0, 0.1) is 0 Å². The molecule has 2 aliphatic rings. The Kier molecular flexibility index (Phi) is 6.87. The number of hydrogen-bond acceptors (Lipinski definition) is 7. The lowest BCUT2D eigenvalue weighted by Crippen LogP contribution is -2.53. The lowest BCUT2D eigenvalue weighted by atomic mass is 10.1. The number of benzene rings is 1. The lowest BCUT2D eigenvalue weighted by Gasteiger charge is -2.35. The number of halogens is 3. The molecular weight excluding hydrogens is 493 g/mol. The zero-order valence-electron chi connectivity index (χ0n) is 19.8. The number of nitrogens with zero attached hydrogens (tertiary/aromatic N) is 5. The van der Waals surface area contributed by atoms with E-state index in [2.05, 4.69) is 20.0 Å². The SMILES string of the molecule is O=C(CNc1c(-c2ccc(OC(F)(F)F)cc2)nc2cnccn12)N1CCN(C(=O)C2CCCO2)CC1.